The molecule has 0 spiro atoms. The number of hydrogen-bond acceptors (Lipinski definition) is 7. The van der Waals surface area contributed by atoms with Crippen LogP contribution in [0.2, 0.25) is 0 Å². The summed E-state index contributed by atoms with van der Waals surface area (Å²) >= 11 is 0. The molecule has 8 nitrogen and oxygen atoms in total. The van der Waals surface area contributed by atoms with Crippen molar-refractivity contribution in [1.29, 1.82) is 0 Å². The van der Waals surface area contributed by atoms with Crippen molar-refractivity contribution >= 4 is 11.8 Å². The number of carbonyl (C=O) groups is 1. The van der Waals surface area contributed by atoms with Gasteiger partial charge in [0.2, 0.25) is 11.7 Å². The molecule has 0 radical (unpaired) electrons. The van der Waals surface area contributed by atoms with Crippen molar-refractivity contribution in [2.75, 3.05) is 18.8 Å². The minimum absolute atomic E-state index is 0.0480. The van der Waals surface area contributed by atoms with Gasteiger partial charge in [-0.1, -0.05) is 17.3 Å². The Morgan fingerprint density at radius 3 is 2.95 bits per heavy atom. The zero-order valence-electron chi connectivity index (χ0n) is 11.3. The number of nitrogens with zero attached hydrogens (tertiary/aromatic N) is 3. The summed E-state index contributed by atoms with van der Waals surface area (Å²) < 4.78 is 5.21. The number of likely N-dealkylation sites (tertiary alicyclic amines) is 1. The van der Waals surface area contributed by atoms with Crippen LogP contribution in [0.5, 0.6) is 0 Å². The second kappa shape index (κ2) is 5.06. The van der Waals surface area contributed by atoms with Crippen LogP contribution in [0.4, 0.5) is 10.5 Å². The molecule has 0 saturated carbocycles. The normalized spacial score (nSPS) is 14.9. The quantitative estimate of drug-likeness (QED) is 0.490. The predicted molar refractivity (Wildman–Crippen MR) is 72.3 cm³/mol. The van der Waals surface area contributed by atoms with Gasteiger partial charge in [-0.2, -0.15) is 10.2 Å². The van der Waals surface area contributed by atoms with Gasteiger partial charge in [0.05, 0.1) is 5.92 Å². The second-order valence-electron chi connectivity index (χ2n) is 4.99. The van der Waals surface area contributed by atoms with Crippen molar-refractivity contribution in [2.45, 2.75) is 12.8 Å². The lowest BCUT2D eigenvalue weighted by molar-refractivity contribution is -0.192. The summed E-state index contributed by atoms with van der Waals surface area (Å²) in [5.41, 5.74) is 8.29. The maximum atomic E-state index is 11.0. The highest BCUT2D eigenvalue weighted by atomic mass is 17.1. The Bertz CT molecular complexity index is 679. The Morgan fingerprint density at radius 1 is 1.52 bits per heavy atom. The fourth-order valence-corrected chi connectivity index (χ4v) is 2.14. The van der Waals surface area contributed by atoms with Crippen LogP contribution in [-0.4, -0.2) is 39.5 Å². The minimum atomic E-state index is -0.780. The Morgan fingerprint density at radius 2 is 2.29 bits per heavy atom. The number of aromatic nitrogens is 2. The first-order chi connectivity index (χ1) is 10.1. The number of rotatable bonds is 2. The highest BCUT2D eigenvalue weighted by Gasteiger charge is 2.36. The van der Waals surface area contributed by atoms with Crippen molar-refractivity contribution in [1.82, 2.24) is 15.0 Å². The fourth-order valence-electron chi connectivity index (χ4n) is 2.14. The summed E-state index contributed by atoms with van der Waals surface area (Å²) in [6.07, 6.45) is -0.780. The van der Waals surface area contributed by atoms with E-state index in [4.69, 9.17) is 15.5 Å². The molecular weight excluding hydrogens is 276 g/mol. The molecule has 0 atom stereocenters. The van der Waals surface area contributed by atoms with E-state index in [1.807, 2.05) is 19.1 Å². The molecule has 8 heteroatoms. The van der Waals surface area contributed by atoms with Gasteiger partial charge in [-0.3, -0.25) is 4.89 Å². The summed E-state index contributed by atoms with van der Waals surface area (Å²) in [5.74, 6) is 0.860. The number of anilines is 1. The van der Waals surface area contributed by atoms with E-state index in [2.05, 4.69) is 15.0 Å². The smallest absolute Gasteiger partial charge is 0.398 e. The standard InChI is InChI=1S/C13H14N4O4/c1-7-2-3-8(4-10(7)14)11-15-12(20-16-11)9-5-17(6-9)13(18)21-19/h2-4,9,19H,5-6,14H2,1H3. The van der Waals surface area contributed by atoms with Gasteiger partial charge < -0.3 is 15.2 Å². The third-order valence-electron chi connectivity index (χ3n) is 3.55. The van der Waals surface area contributed by atoms with E-state index in [-0.39, 0.29) is 5.92 Å². The summed E-state index contributed by atoms with van der Waals surface area (Å²) in [6, 6.07) is 5.56. The summed E-state index contributed by atoms with van der Waals surface area (Å²) in [7, 11) is 0. The molecule has 0 unspecified atom stereocenters. The lowest BCUT2D eigenvalue weighted by Gasteiger charge is -2.34. The Labute approximate surface area is 120 Å². The molecule has 3 N–H and O–H groups in total. The molecule has 1 aromatic carbocycles. The zero-order chi connectivity index (χ0) is 15.0. The molecule has 3 rings (SSSR count). The number of amides is 1. The average Bonchev–Trinajstić information content (AvgIpc) is 2.89. The van der Waals surface area contributed by atoms with Crippen LogP contribution in [0.1, 0.15) is 17.4 Å². The Hall–Kier alpha value is -2.61. The molecule has 2 heterocycles. The van der Waals surface area contributed by atoms with Crippen LogP contribution in [-0.2, 0) is 4.89 Å². The van der Waals surface area contributed by atoms with E-state index < -0.39 is 6.09 Å². The Balaban J connectivity index is 1.73. The minimum Gasteiger partial charge on any atom is -0.398 e. The van der Waals surface area contributed by atoms with Crippen LogP contribution in [0.25, 0.3) is 11.4 Å². The molecule has 1 amide bonds. The number of nitrogens with two attached hydrogens (primary N) is 1. The summed E-state index contributed by atoms with van der Waals surface area (Å²) in [5, 5.41) is 12.2. The van der Waals surface area contributed by atoms with Crippen molar-refractivity contribution in [2.24, 2.45) is 0 Å². The number of carbonyl (C=O) groups excluding carboxylic acids is 1. The van der Waals surface area contributed by atoms with Crippen LogP contribution < -0.4 is 5.73 Å². The monoisotopic (exact) mass is 290 g/mol. The molecule has 0 aliphatic carbocycles. The lowest BCUT2D eigenvalue weighted by Crippen LogP contribution is -2.48. The molecule has 1 fully saturated rings. The van der Waals surface area contributed by atoms with Gasteiger partial charge in [0, 0.05) is 24.3 Å². The van der Waals surface area contributed by atoms with Gasteiger partial charge in [-0.15, -0.1) is 0 Å². The first kappa shape index (κ1) is 13.4. The van der Waals surface area contributed by atoms with Crippen LogP contribution in [0.15, 0.2) is 22.7 Å². The van der Waals surface area contributed by atoms with Crippen molar-refractivity contribution in [3.8, 4) is 11.4 Å². The van der Waals surface area contributed by atoms with E-state index in [1.165, 1.54) is 4.90 Å². The predicted octanol–water partition coefficient (Wildman–Crippen LogP) is 1.64. The molecule has 21 heavy (non-hydrogen) atoms. The average molecular weight is 290 g/mol. The highest BCUT2D eigenvalue weighted by molar-refractivity contribution is 5.68. The van der Waals surface area contributed by atoms with Crippen LogP contribution >= 0.6 is 0 Å². The molecule has 1 aliphatic rings. The molecule has 0 bridgehead atoms. The van der Waals surface area contributed by atoms with E-state index in [0.29, 0.717) is 30.5 Å². The number of hydrogen-bond donors (Lipinski definition) is 2. The van der Waals surface area contributed by atoms with Crippen molar-refractivity contribution < 1.29 is 19.5 Å². The molecule has 1 aliphatic heterocycles. The molecule has 1 saturated heterocycles. The zero-order valence-corrected chi connectivity index (χ0v) is 11.3. The highest BCUT2D eigenvalue weighted by Crippen LogP contribution is 2.28. The number of nitrogen functional groups attached to an aromatic ring is 1. The van der Waals surface area contributed by atoms with Crippen LogP contribution in [0, 0.1) is 6.92 Å². The molecule has 2 aromatic rings. The molecular formula is C13H14N4O4. The Kier molecular flexibility index (Phi) is 3.22. The third kappa shape index (κ3) is 2.40. The van der Waals surface area contributed by atoms with Gasteiger partial charge in [0.1, 0.15) is 0 Å². The third-order valence-corrected chi connectivity index (χ3v) is 3.55. The topological polar surface area (TPSA) is 115 Å². The maximum Gasteiger partial charge on any atom is 0.441 e. The summed E-state index contributed by atoms with van der Waals surface area (Å²) in [6.45, 7) is 2.66. The van der Waals surface area contributed by atoms with Gasteiger partial charge in [-0.25, -0.2) is 4.79 Å². The lowest BCUT2D eigenvalue weighted by atomic mass is 10.0. The first-order valence-electron chi connectivity index (χ1n) is 6.39. The van der Waals surface area contributed by atoms with Crippen molar-refractivity contribution in [3.63, 3.8) is 0 Å². The largest absolute Gasteiger partial charge is 0.441 e. The number of aryl methyl sites for hydroxylation is 1. The summed E-state index contributed by atoms with van der Waals surface area (Å²) in [4.78, 5) is 20.3. The van der Waals surface area contributed by atoms with Gasteiger partial charge in [-0.05, 0) is 18.6 Å². The van der Waals surface area contributed by atoms with E-state index in [1.54, 1.807) is 6.07 Å². The van der Waals surface area contributed by atoms with E-state index in [9.17, 15) is 4.79 Å². The van der Waals surface area contributed by atoms with Crippen LogP contribution in [0.3, 0.4) is 0 Å². The SMILES string of the molecule is Cc1ccc(-c2noc(C3CN(C(=O)OO)C3)n2)cc1N. The van der Waals surface area contributed by atoms with Gasteiger partial charge in [0.25, 0.3) is 0 Å². The fraction of sp³-hybridized carbons (Fsp3) is 0.308. The van der Waals surface area contributed by atoms with E-state index in [0.717, 1.165) is 11.1 Å². The van der Waals surface area contributed by atoms with Crippen molar-refractivity contribution in [3.05, 3.63) is 29.7 Å². The molecule has 110 valence electrons. The molecule has 1 aromatic heterocycles. The second-order valence-corrected chi connectivity index (χ2v) is 4.99. The first-order valence-corrected chi connectivity index (χ1v) is 6.39. The maximum absolute atomic E-state index is 11.0. The number of benzene rings is 1. The van der Waals surface area contributed by atoms with Gasteiger partial charge >= 0.3 is 6.09 Å². The van der Waals surface area contributed by atoms with Gasteiger partial charge in [0.15, 0.2) is 0 Å². The van der Waals surface area contributed by atoms with E-state index >= 15 is 0 Å².